The molecule has 2 aliphatic rings. The summed E-state index contributed by atoms with van der Waals surface area (Å²) in [6.45, 7) is 2.58. The van der Waals surface area contributed by atoms with Gasteiger partial charge in [0.15, 0.2) is 0 Å². The average molecular weight is 310 g/mol. The van der Waals surface area contributed by atoms with Crippen LogP contribution < -0.4 is 9.80 Å². The smallest absolute Gasteiger partial charge is 0.231 e. The summed E-state index contributed by atoms with van der Waals surface area (Å²) in [5.41, 5.74) is 3.96. The Kier molecular flexibility index (Phi) is 3.52. The summed E-state index contributed by atoms with van der Waals surface area (Å²) in [4.78, 5) is 17.0. The number of benzene rings is 2. The van der Waals surface area contributed by atoms with E-state index >= 15 is 0 Å². The number of hydrogen-bond donors (Lipinski definition) is 0. The van der Waals surface area contributed by atoms with Gasteiger partial charge in [0.1, 0.15) is 5.82 Å². The largest absolute Gasteiger partial charge is 0.368 e. The normalized spacial score (nSPS) is 16.2. The van der Waals surface area contributed by atoms with Crippen LogP contribution in [0.5, 0.6) is 0 Å². The topological polar surface area (TPSA) is 23.6 Å². The number of para-hydroxylation sites is 1. The first-order valence-electron chi connectivity index (χ1n) is 8.14. The second-order valence-electron chi connectivity index (χ2n) is 6.19. The second-order valence-corrected chi connectivity index (χ2v) is 6.19. The van der Waals surface area contributed by atoms with Crippen LogP contribution in [0.4, 0.5) is 15.8 Å². The van der Waals surface area contributed by atoms with Gasteiger partial charge in [-0.05, 0) is 36.1 Å². The molecule has 0 aliphatic carbocycles. The van der Waals surface area contributed by atoms with Gasteiger partial charge in [0.05, 0.1) is 17.8 Å². The Bertz CT molecular complexity index is 759. The number of rotatable bonds is 2. The third-order valence-corrected chi connectivity index (χ3v) is 4.77. The van der Waals surface area contributed by atoms with Crippen molar-refractivity contribution in [3.05, 3.63) is 59.4 Å². The quantitative estimate of drug-likeness (QED) is 0.850. The minimum Gasteiger partial charge on any atom is -0.368 e. The Labute approximate surface area is 135 Å². The first-order chi connectivity index (χ1) is 11.2. The maximum Gasteiger partial charge on any atom is 0.231 e. The van der Waals surface area contributed by atoms with Crippen molar-refractivity contribution in [2.45, 2.75) is 19.3 Å². The highest BCUT2D eigenvalue weighted by atomic mass is 19.1. The second kappa shape index (κ2) is 5.69. The molecular formula is C19H19FN2O. The fraction of sp³-hybridized carbons (Fsp3) is 0.316. The summed E-state index contributed by atoms with van der Waals surface area (Å²) >= 11 is 0. The fourth-order valence-electron chi connectivity index (χ4n) is 3.66. The molecular weight excluding hydrogens is 291 g/mol. The lowest BCUT2D eigenvalue weighted by Crippen LogP contribution is -2.46. The van der Waals surface area contributed by atoms with Crippen LogP contribution in [0.25, 0.3) is 0 Å². The number of carbonyl (C=O) groups excluding carboxylic acids is 1. The number of hydrogen-bond acceptors (Lipinski definition) is 2. The van der Waals surface area contributed by atoms with Gasteiger partial charge in [0, 0.05) is 19.6 Å². The molecule has 3 nitrogen and oxygen atoms in total. The Morgan fingerprint density at radius 2 is 1.91 bits per heavy atom. The van der Waals surface area contributed by atoms with Crippen LogP contribution in [0.1, 0.15) is 17.5 Å². The number of aryl methyl sites for hydroxylation is 1. The molecule has 0 radical (unpaired) electrons. The van der Waals surface area contributed by atoms with Crippen molar-refractivity contribution in [3.8, 4) is 0 Å². The molecule has 0 aromatic heterocycles. The van der Waals surface area contributed by atoms with E-state index in [1.54, 1.807) is 18.2 Å². The van der Waals surface area contributed by atoms with Gasteiger partial charge in [-0.15, -0.1) is 0 Å². The number of carbonyl (C=O) groups is 1. The summed E-state index contributed by atoms with van der Waals surface area (Å²) in [6, 6.07) is 12.7. The first-order valence-corrected chi connectivity index (χ1v) is 8.14. The Morgan fingerprint density at radius 3 is 2.78 bits per heavy atom. The van der Waals surface area contributed by atoms with Crippen molar-refractivity contribution in [2.75, 3.05) is 29.4 Å². The molecule has 0 fully saturated rings. The van der Waals surface area contributed by atoms with Gasteiger partial charge in [-0.25, -0.2) is 4.39 Å². The zero-order chi connectivity index (χ0) is 15.8. The molecule has 2 aromatic carbocycles. The minimum absolute atomic E-state index is 0.0336. The van der Waals surface area contributed by atoms with Crippen LogP contribution >= 0.6 is 0 Å². The van der Waals surface area contributed by atoms with Gasteiger partial charge in [0.2, 0.25) is 5.91 Å². The Balaban J connectivity index is 1.65. The van der Waals surface area contributed by atoms with Gasteiger partial charge in [-0.2, -0.15) is 0 Å². The van der Waals surface area contributed by atoms with Gasteiger partial charge >= 0.3 is 0 Å². The van der Waals surface area contributed by atoms with Gasteiger partial charge in [0.25, 0.3) is 0 Å². The lowest BCUT2D eigenvalue weighted by atomic mass is 9.97. The van der Waals surface area contributed by atoms with E-state index in [2.05, 4.69) is 11.0 Å². The van der Waals surface area contributed by atoms with E-state index in [4.69, 9.17) is 0 Å². The SMILES string of the molecule is O=C(Cc1ccccc1F)N1CCN2CCCc3cccc1c32. The summed E-state index contributed by atoms with van der Waals surface area (Å²) in [5, 5.41) is 0. The van der Waals surface area contributed by atoms with Crippen molar-refractivity contribution in [1.29, 1.82) is 0 Å². The van der Waals surface area contributed by atoms with Crippen molar-refractivity contribution in [2.24, 2.45) is 0 Å². The summed E-state index contributed by atoms with van der Waals surface area (Å²) < 4.78 is 13.8. The number of halogens is 1. The van der Waals surface area contributed by atoms with E-state index in [9.17, 15) is 9.18 Å². The summed E-state index contributed by atoms with van der Waals surface area (Å²) in [7, 11) is 0. The molecule has 2 aromatic rings. The van der Waals surface area contributed by atoms with Crippen LogP contribution in [0.15, 0.2) is 42.5 Å². The van der Waals surface area contributed by atoms with Gasteiger partial charge < -0.3 is 9.80 Å². The van der Waals surface area contributed by atoms with Crippen molar-refractivity contribution >= 4 is 17.3 Å². The highest BCUT2D eigenvalue weighted by Crippen LogP contribution is 2.39. The Morgan fingerprint density at radius 1 is 1.04 bits per heavy atom. The summed E-state index contributed by atoms with van der Waals surface area (Å²) in [6.07, 6.45) is 2.34. The molecule has 118 valence electrons. The third-order valence-electron chi connectivity index (χ3n) is 4.77. The molecule has 0 unspecified atom stereocenters. The van der Waals surface area contributed by atoms with E-state index in [-0.39, 0.29) is 18.1 Å². The van der Waals surface area contributed by atoms with E-state index in [1.165, 1.54) is 23.7 Å². The number of amides is 1. The van der Waals surface area contributed by atoms with E-state index < -0.39 is 0 Å². The molecule has 0 saturated heterocycles. The average Bonchev–Trinajstić information content (AvgIpc) is 2.58. The molecule has 2 heterocycles. The molecule has 4 rings (SSSR count). The number of anilines is 2. The van der Waals surface area contributed by atoms with Crippen molar-refractivity contribution in [1.82, 2.24) is 0 Å². The molecule has 2 aliphatic heterocycles. The molecule has 0 saturated carbocycles. The first kappa shape index (κ1) is 14.2. The standard InChI is InChI=1S/C19H19FN2O/c20-16-8-2-1-5-15(16)13-18(23)22-12-11-21-10-4-7-14-6-3-9-17(22)19(14)21/h1-3,5-6,8-9H,4,7,10-13H2. The Hall–Kier alpha value is -2.36. The van der Waals surface area contributed by atoms with E-state index in [0.29, 0.717) is 12.1 Å². The lowest BCUT2D eigenvalue weighted by Gasteiger charge is -2.41. The van der Waals surface area contributed by atoms with Gasteiger partial charge in [-0.1, -0.05) is 30.3 Å². The van der Waals surface area contributed by atoms with E-state index in [0.717, 1.165) is 25.2 Å². The van der Waals surface area contributed by atoms with Crippen LogP contribution in [-0.2, 0) is 17.6 Å². The highest BCUT2D eigenvalue weighted by molar-refractivity contribution is 5.99. The monoisotopic (exact) mass is 310 g/mol. The lowest BCUT2D eigenvalue weighted by molar-refractivity contribution is -0.118. The summed E-state index contributed by atoms with van der Waals surface area (Å²) in [5.74, 6) is -0.344. The maximum atomic E-state index is 13.8. The molecule has 1 amide bonds. The van der Waals surface area contributed by atoms with Crippen LogP contribution in [-0.4, -0.2) is 25.5 Å². The van der Waals surface area contributed by atoms with Gasteiger partial charge in [-0.3, -0.25) is 4.79 Å². The third kappa shape index (κ3) is 2.48. The molecule has 0 bridgehead atoms. The predicted molar refractivity (Wildman–Crippen MR) is 89.4 cm³/mol. The molecule has 23 heavy (non-hydrogen) atoms. The molecule has 0 atom stereocenters. The minimum atomic E-state index is -0.311. The number of nitrogens with zero attached hydrogens (tertiary/aromatic N) is 2. The van der Waals surface area contributed by atoms with Crippen LogP contribution in [0, 0.1) is 5.82 Å². The highest BCUT2D eigenvalue weighted by Gasteiger charge is 2.30. The predicted octanol–water partition coefficient (Wildman–Crippen LogP) is 3.17. The van der Waals surface area contributed by atoms with E-state index in [1.807, 2.05) is 17.0 Å². The zero-order valence-corrected chi connectivity index (χ0v) is 13.0. The molecule has 0 spiro atoms. The fourth-order valence-corrected chi connectivity index (χ4v) is 3.66. The van der Waals surface area contributed by atoms with Crippen molar-refractivity contribution in [3.63, 3.8) is 0 Å². The van der Waals surface area contributed by atoms with Crippen LogP contribution in [0.2, 0.25) is 0 Å². The molecule has 4 heteroatoms. The van der Waals surface area contributed by atoms with Crippen molar-refractivity contribution < 1.29 is 9.18 Å². The maximum absolute atomic E-state index is 13.8. The van der Waals surface area contributed by atoms with Crippen LogP contribution in [0.3, 0.4) is 0 Å². The zero-order valence-electron chi connectivity index (χ0n) is 13.0. The molecule has 0 N–H and O–H groups in total.